The molecular weight excluding hydrogens is 316 g/mol. The highest BCUT2D eigenvalue weighted by Gasteiger charge is 2.03. The van der Waals surface area contributed by atoms with Crippen LogP contribution in [0, 0.1) is 6.92 Å². The highest BCUT2D eigenvalue weighted by Crippen LogP contribution is 2.24. The number of anilines is 1. The molecule has 0 saturated carbocycles. The van der Waals surface area contributed by atoms with E-state index in [1.54, 1.807) is 29.5 Å². The number of aromatic nitrogens is 1. The van der Waals surface area contributed by atoms with Crippen molar-refractivity contribution in [3.8, 4) is 0 Å². The van der Waals surface area contributed by atoms with E-state index in [9.17, 15) is 4.79 Å². The van der Waals surface area contributed by atoms with Crippen LogP contribution in [0.1, 0.15) is 10.6 Å². The summed E-state index contributed by atoms with van der Waals surface area (Å²) in [5.74, 6) is -0.180. The summed E-state index contributed by atoms with van der Waals surface area (Å²) in [6.45, 7) is 1.97. The van der Waals surface area contributed by atoms with E-state index in [4.69, 9.17) is 11.6 Å². The van der Waals surface area contributed by atoms with Gasteiger partial charge < -0.3 is 5.32 Å². The number of nitrogens with zero attached hydrogens (tertiary/aromatic N) is 1. The van der Waals surface area contributed by atoms with Crippen molar-refractivity contribution >= 4 is 50.8 Å². The van der Waals surface area contributed by atoms with E-state index in [1.165, 1.54) is 6.08 Å². The molecule has 22 heavy (non-hydrogen) atoms. The van der Waals surface area contributed by atoms with E-state index >= 15 is 0 Å². The summed E-state index contributed by atoms with van der Waals surface area (Å²) in [6, 6.07) is 13.0. The fourth-order valence-electron chi connectivity index (χ4n) is 2.08. The Morgan fingerprint density at radius 1 is 1.27 bits per heavy atom. The number of nitrogens with one attached hydrogen (secondary N) is 1. The molecule has 1 heterocycles. The molecule has 1 N–H and O–H groups in total. The minimum Gasteiger partial charge on any atom is -0.322 e. The molecule has 0 unspecified atom stereocenters. The second kappa shape index (κ2) is 6.30. The van der Waals surface area contributed by atoms with Gasteiger partial charge in [0.1, 0.15) is 0 Å². The van der Waals surface area contributed by atoms with Crippen LogP contribution in [0.15, 0.2) is 48.5 Å². The molecule has 0 saturated heterocycles. The maximum Gasteiger partial charge on any atom is 0.248 e. The van der Waals surface area contributed by atoms with Crippen LogP contribution in [-0.2, 0) is 4.79 Å². The zero-order valence-electron chi connectivity index (χ0n) is 11.8. The minimum atomic E-state index is -0.180. The van der Waals surface area contributed by atoms with Crippen LogP contribution in [0.25, 0.3) is 16.3 Å². The molecule has 3 nitrogen and oxygen atoms in total. The Morgan fingerprint density at radius 3 is 2.95 bits per heavy atom. The van der Waals surface area contributed by atoms with Crippen molar-refractivity contribution in [1.82, 2.24) is 4.98 Å². The van der Waals surface area contributed by atoms with Crippen molar-refractivity contribution in [3.63, 3.8) is 0 Å². The van der Waals surface area contributed by atoms with E-state index in [-0.39, 0.29) is 5.91 Å². The van der Waals surface area contributed by atoms with E-state index in [0.29, 0.717) is 5.02 Å². The summed E-state index contributed by atoms with van der Waals surface area (Å²) in [4.78, 5) is 16.4. The number of fused-ring (bicyclic) bond motifs is 1. The first-order valence-corrected chi connectivity index (χ1v) is 7.91. The SMILES string of the molecule is Cc1nc2ccc(NC(=O)/C=C/c3cccc(Cl)c3)cc2s1. The Morgan fingerprint density at radius 2 is 2.14 bits per heavy atom. The molecule has 110 valence electrons. The summed E-state index contributed by atoms with van der Waals surface area (Å²) >= 11 is 7.52. The molecule has 0 atom stereocenters. The van der Waals surface area contributed by atoms with Gasteiger partial charge in [-0.2, -0.15) is 0 Å². The lowest BCUT2D eigenvalue weighted by molar-refractivity contribution is -0.111. The van der Waals surface area contributed by atoms with Crippen LogP contribution in [0.5, 0.6) is 0 Å². The first-order valence-electron chi connectivity index (χ1n) is 6.72. The third-order valence-electron chi connectivity index (χ3n) is 3.04. The quantitative estimate of drug-likeness (QED) is 0.694. The Kier molecular flexibility index (Phi) is 4.22. The van der Waals surface area contributed by atoms with Gasteiger partial charge in [-0.05, 0) is 48.9 Å². The van der Waals surface area contributed by atoms with E-state index in [1.807, 2.05) is 37.3 Å². The predicted octanol–water partition coefficient (Wildman–Crippen LogP) is 4.91. The minimum absolute atomic E-state index is 0.180. The number of thiazole rings is 1. The maximum absolute atomic E-state index is 12.0. The summed E-state index contributed by atoms with van der Waals surface area (Å²) in [5, 5.41) is 4.51. The molecular formula is C17H13ClN2OS. The summed E-state index contributed by atoms with van der Waals surface area (Å²) < 4.78 is 1.06. The van der Waals surface area contributed by atoms with Gasteiger partial charge in [-0.3, -0.25) is 4.79 Å². The number of aryl methyl sites for hydroxylation is 1. The van der Waals surface area contributed by atoms with Gasteiger partial charge in [-0.15, -0.1) is 11.3 Å². The number of carbonyl (C=O) groups is 1. The Labute approximate surface area is 137 Å². The molecule has 2 aromatic carbocycles. The predicted molar refractivity (Wildman–Crippen MR) is 93.5 cm³/mol. The summed E-state index contributed by atoms with van der Waals surface area (Å²) in [5.41, 5.74) is 2.60. The van der Waals surface area contributed by atoms with Crippen LogP contribution >= 0.6 is 22.9 Å². The van der Waals surface area contributed by atoms with Crippen LogP contribution in [0.2, 0.25) is 5.02 Å². The van der Waals surface area contributed by atoms with Crippen molar-refractivity contribution in [2.24, 2.45) is 0 Å². The third-order valence-corrected chi connectivity index (χ3v) is 4.21. The van der Waals surface area contributed by atoms with Gasteiger partial charge in [0.05, 0.1) is 15.2 Å². The Hall–Kier alpha value is -2.17. The number of hydrogen-bond donors (Lipinski definition) is 1. The molecule has 3 rings (SSSR count). The third kappa shape index (κ3) is 3.53. The van der Waals surface area contributed by atoms with Crippen LogP contribution in [-0.4, -0.2) is 10.9 Å². The lowest BCUT2D eigenvalue weighted by atomic mass is 10.2. The zero-order valence-corrected chi connectivity index (χ0v) is 13.4. The molecule has 0 spiro atoms. The molecule has 0 aliphatic heterocycles. The van der Waals surface area contributed by atoms with Gasteiger partial charge in [-0.25, -0.2) is 4.98 Å². The molecule has 0 fully saturated rings. The van der Waals surface area contributed by atoms with Gasteiger partial charge in [-0.1, -0.05) is 23.7 Å². The average Bonchev–Trinajstić information content (AvgIpc) is 2.84. The molecule has 0 aliphatic carbocycles. The van der Waals surface area contributed by atoms with Crippen molar-refractivity contribution < 1.29 is 4.79 Å². The monoisotopic (exact) mass is 328 g/mol. The largest absolute Gasteiger partial charge is 0.322 e. The van der Waals surface area contributed by atoms with Crippen molar-refractivity contribution in [1.29, 1.82) is 0 Å². The van der Waals surface area contributed by atoms with Crippen molar-refractivity contribution in [2.45, 2.75) is 6.92 Å². The normalized spacial score (nSPS) is 11.2. The van der Waals surface area contributed by atoms with Crippen molar-refractivity contribution in [3.05, 3.63) is 64.1 Å². The second-order valence-corrected chi connectivity index (χ2v) is 6.46. The first kappa shape index (κ1) is 14.8. The van der Waals surface area contributed by atoms with Gasteiger partial charge in [0.2, 0.25) is 5.91 Å². The zero-order chi connectivity index (χ0) is 15.5. The fraction of sp³-hybridized carbons (Fsp3) is 0.0588. The second-order valence-electron chi connectivity index (χ2n) is 4.79. The van der Waals surface area contributed by atoms with Crippen molar-refractivity contribution in [2.75, 3.05) is 5.32 Å². The Balaban J connectivity index is 1.72. The lowest BCUT2D eigenvalue weighted by Crippen LogP contribution is -2.07. The molecule has 0 bridgehead atoms. The van der Waals surface area contributed by atoms with E-state index in [0.717, 1.165) is 26.5 Å². The molecule has 3 aromatic rings. The standard InChI is InChI=1S/C17H13ClN2OS/c1-11-19-15-7-6-14(10-16(15)22-11)20-17(21)8-5-12-3-2-4-13(18)9-12/h2-10H,1H3,(H,20,21)/b8-5+. The molecule has 0 radical (unpaired) electrons. The van der Waals surface area contributed by atoms with Gasteiger partial charge in [0.25, 0.3) is 0 Å². The number of carbonyl (C=O) groups excluding carboxylic acids is 1. The van der Waals surface area contributed by atoms with Crippen LogP contribution < -0.4 is 5.32 Å². The number of hydrogen-bond acceptors (Lipinski definition) is 3. The van der Waals surface area contributed by atoms with Crippen LogP contribution in [0.4, 0.5) is 5.69 Å². The molecule has 1 aromatic heterocycles. The molecule has 1 amide bonds. The summed E-state index contributed by atoms with van der Waals surface area (Å²) in [6.07, 6.45) is 3.23. The molecule has 0 aliphatic rings. The van der Waals surface area contributed by atoms with E-state index < -0.39 is 0 Å². The van der Waals surface area contributed by atoms with Crippen LogP contribution in [0.3, 0.4) is 0 Å². The van der Waals surface area contributed by atoms with Gasteiger partial charge >= 0.3 is 0 Å². The summed E-state index contributed by atoms with van der Waals surface area (Å²) in [7, 11) is 0. The number of benzene rings is 2. The molecule has 5 heteroatoms. The Bertz CT molecular complexity index is 870. The number of amides is 1. The highest BCUT2D eigenvalue weighted by atomic mass is 35.5. The highest BCUT2D eigenvalue weighted by molar-refractivity contribution is 7.18. The lowest BCUT2D eigenvalue weighted by Gasteiger charge is -2.01. The first-order chi connectivity index (χ1) is 10.6. The average molecular weight is 329 g/mol. The fourth-order valence-corrected chi connectivity index (χ4v) is 3.15. The number of halogens is 1. The van der Waals surface area contributed by atoms with Gasteiger partial charge in [0, 0.05) is 16.8 Å². The maximum atomic E-state index is 12.0. The van der Waals surface area contributed by atoms with E-state index in [2.05, 4.69) is 10.3 Å². The van der Waals surface area contributed by atoms with Gasteiger partial charge in [0.15, 0.2) is 0 Å². The smallest absolute Gasteiger partial charge is 0.248 e. The number of rotatable bonds is 3. The topological polar surface area (TPSA) is 42.0 Å².